The van der Waals surface area contributed by atoms with Gasteiger partial charge in [0.25, 0.3) is 0 Å². The molecule has 2 heteroatoms. The van der Waals surface area contributed by atoms with Crippen LogP contribution in [0.5, 0.6) is 0 Å². The van der Waals surface area contributed by atoms with Crippen molar-refractivity contribution >= 4 is 0 Å². The molecule has 0 spiro atoms. The lowest BCUT2D eigenvalue weighted by atomic mass is 9.92. The Balaban J connectivity index is 1.95. The van der Waals surface area contributed by atoms with Gasteiger partial charge in [-0.2, -0.15) is 0 Å². The fourth-order valence-corrected chi connectivity index (χ4v) is 3.39. The maximum Gasteiger partial charge on any atom is 0.0221 e. The van der Waals surface area contributed by atoms with Crippen molar-refractivity contribution in [1.82, 2.24) is 10.2 Å². The molecule has 2 unspecified atom stereocenters. The van der Waals surface area contributed by atoms with Crippen LogP contribution in [0.2, 0.25) is 0 Å². The van der Waals surface area contributed by atoms with Gasteiger partial charge >= 0.3 is 0 Å². The lowest BCUT2D eigenvalue weighted by molar-refractivity contribution is 0.0611. The van der Waals surface area contributed by atoms with E-state index in [1.165, 1.54) is 51.7 Å². The van der Waals surface area contributed by atoms with E-state index in [0.717, 1.165) is 12.0 Å². The third-order valence-corrected chi connectivity index (χ3v) is 4.98. The van der Waals surface area contributed by atoms with Gasteiger partial charge in [0.2, 0.25) is 0 Å². The SMILES string of the molecule is CCC(C)C1CN(C2(C)CCCC2)CCN1. The second kappa shape index (κ2) is 5.05. The van der Waals surface area contributed by atoms with Crippen LogP contribution in [0.1, 0.15) is 52.9 Å². The van der Waals surface area contributed by atoms with E-state index < -0.39 is 0 Å². The van der Waals surface area contributed by atoms with Crippen LogP contribution in [0, 0.1) is 5.92 Å². The first-order valence-electron chi connectivity index (χ1n) is 7.14. The molecule has 0 radical (unpaired) electrons. The van der Waals surface area contributed by atoms with Gasteiger partial charge in [-0.3, -0.25) is 4.90 Å². The zero-order chi connectivity index (χ0) is 11.6. The monoisotopic (exact) mass is 224 g/mol. The summed E-state index contributed by atoms with van der Waals surface area (Å²) >= 11 is 0. The van der Waals surface area contributed by atoms with Crippen molar-refractivity contribution in [3.63, 3.8) is 0 Å². The maximum absolute atomic E-state index is 3.70. The molecule has 0 aromatic carbocycles. The molecule has 2 fully saturated rings. The van der Waals surface area contributed by atoms with Crippen LogP contribution in [-0.4, -0.2) is 36.1 Å². The van der Waals surface area contributed by atoms with E-state index >= 15 is 0 Å². The predicted octanol–water partition coefficient (Wildman–Crippen LogP) is 2.64. The molecule has 1 saturated carbocycles. The summed E-state index contributed by atoms with van der Waals surface area (Å²) in [6.45, 7) is 10.9. The molecular formula is C14H28N2. The van der Waals surface area contributed by atoms with Crippen LogP contribution in [0.3, 0.4) is 0 Å². The zero-order valence-corrected chi connectivity index (χ0v) is 11.3. The molecule has 2 nitrogen and oxygen atoms in total. The van der Waals surface area contributed by atoms with Crippen LogP contribution in [0.4, 0.5) is 0 Å². The van der Waals surface area contributed by atoms with Gasteiger partial charge in [0, 0.05) is 31.2 Å². The second-order valence-corrected chi connectivity index (χ2v) is 6.10. The highest BCUT2D eigenvalue weighted by atomic mass is 15.3. The summed E-state index contributed by atoms with van der Waals surface area (Å²) in [5, 5.41) is 3.70. The number of hydrogen-bond acceptors (Lipinski definition) is 2. The molecule has 16 heavy (non-hydrogen) atoms. The van der Waals surface area contributed by atoms with E-state index in [0.29, 0.717) is 5.54 Å². The van der Waals surface area contributed by atoms with Gasteiger partial charge in [0.1, 0.15) is 0 Å². The van der Waals surface area contributed by atoms with Gasteiger partial charge in [0.15, 0.2) is 0 Å². The number of nitrogens with one attached hydrogen (secondary N) is 1. The predicted molar refractivity (Wildman–Crippen MR) is 69.7 cm³/mol. The number of nitrogens with zero attached hydrogens (tertiary/aromatic N) is 1. The van der Waals surface area contributed by atoms with E-state index in [-0.39, 0.29) is 0 Å². The van der Waals surface area contributed by atoms with Crippen molar-refractivity contribution in [2.75, 3.05) is 19.6 Å². The molecule has 1 aliphatic carbocycles. The summed E-state index contributed by atoms with van der Waals surface area (Å²) in [6.07, 6.45) is 7.01. The van der Waals surface area contributed by atoms with Crippen molar-refractivity contribution in [2.45, 2.75) is 64.5 Å². The van der Waals surface area contributed by atoms with Gasteiger partial charge in [-0.15, -0.1) is 0 Å². The van der Waals surface area contributed by atoms with Crippen LogP contribution >= 0.6 is 0 Å². The molecule has 1 heterocycles. The molecule has 0 bridgehead atoms. The average molecular weight is 224 g/mol. The highest BCUT2D eigenvalue weighted by molar-refractivity contribution is 4.95. The summed E-state index contributed by atoms with van der Waals surface area (Å²) in [5.74, 6) is 0.813. The smallest absolute Gasteiger partial charge is 0.0221 e. The molecule has 94 valence electrons. The van der Waals surface area contributed by atoms with E-state index in [1.807, 2.05) is 0 Å². The average Bonchev–Trinajstić information content (AvgIpc) is 2.77. The van der Waals surface area contributed by atoms with E-state index in [9.17, 15) is 0 Å². The van der Waals surface area contributed by atoms with Gasteiger partial charge < -0.3 is 5.32 Å². The fraction of sp³-hybridized carbons (Fsp3) is 1.00. The van der Waals surface area contributed by atoms with E-state index in [2.05, 4.69) is 31.0 Å². The van der Waals surface area contributed by atoms with E-state index in [4.69, 9.17) is 0 Å². The molecule has 0 aromatic heterocycles. The van der Waals surface area contributed by atoms with Crippen molar-refractivity contribution in [1.29, 1.82) is 0 Å². The summed E-state index contributed by atoms with van der Waals surface area (Å²) in [5.41, 5.74) is 0.522. The van der Waals surface area contributed by atoms with Crippen molar-refractivity contribution in [3.8, 4) is 0 Å². The summed E-state index contributed by atoms with van der Waals surface area (Å²) < 4.78 is 0. The number of hydrogen-bond donors (Lipinski definition) is 1. The van der Waals surface area contributed by atoms with Gasteiger partial charge in [-0.05, 0) is 25.7 Å². The first kappa shape index (κ1) is 12.4. The maximum atomic E-state index is 3.70. The number of rotatable bonds is 3. The molecular weight excluding hydrogens is 196 g/mol. The zero-order valence-electron chi connectivity index (χ0n) is 11.3. The Hall–Kier alpha value is -0.0800. The van der Waals surface area contributed by atoms with Crippen LogP contribution in [0.15, 0.2) is 0 Å². The lowest BCUT2D eigenvalue weighted by Gasteiger charge is -2.45. The largest absolute Gasteiger partial charge is 0.311 e. The molecule has 0 amide bonds. The van der Waals surface area contributed by atoms with Crippen molar-refractivity contribution in [3.05, 3.63) is 0 Å². The quantitative estimate of drug-likeness (QED) is 0.793. The van der Waals surface area contributed by atoms with Crippen LogP contribution < -0.4 is 5.32 Å². The standard InChI is InChI=1S/C14H28N2/c1-4-12(2)13-11-16(10-9-15-13)14(3)7-5-6-8-14/h12-13,15H,4-11H2,1-3H3. The van der Waals surface area contributed by atoms with Crippen molar-refractivity contribution in [2.24, 2.45) is 5.92 Å². The Bertz CT molecular complexity index is 221. The minimum Gasteiger partial charge on any atom is -0.311 e. The summed E-state index contributed by atoms with van der Waals surface area (Å²) in [6, 6.07) is 0.719. The normalized spacial score (nSPS) is 32.8. The van der Waals surface area contributed by atoms with Crippen LogP contribution in [0.25, 0.3) is 0 Å². The molecule has 1 aliphatic heterocycles. The molecule has 1 saturated heterocycles. The van der Waals surface area contributed by atoms with E-state index in [1.54, 1.807) is 0 Å². The third-order valence-electron chi connectivity index (χ3n) is 4.98. The summed E-state index contributed by atoms with van der Waals surface area (Å²) in [4.78, 5) is 2.77. The molecule has 0 aromatic rings. The minimum atomic E-state index is 0.522. The topological polar surface area (TPSA) is 15.3 Å². The Kier molecular flexibility index (Phi) is 3.91. The lowest BCUT2D eigenvalue weighted by Crippen LogP contribution is -2.59. The molecule has 2 aliphatic rings. The molecule has 2 rings (SSSR count). The minimum absolute atomic E-state index is 0.522. The molecule has 1 N–H and O–H groups in total. The third kappa shape index (κ3) is 2.43. The Morgan fingerprint density at radius 2 is 2.06 bits per heavy atom. The highest BCUT2D eigenvalue weighted by Gasteiger charge is 2.37. The van der Waals surface area contributed by atoms with Gasteiger partial charge in [-0.25, -0.2) is 0 Å². The van der Waals surface area contributed by atoms with Gasteiger partial charge in [-0.1, -0.05) is 33.1 Å². The Labute approximate surface area is 101 Å². The van der Waals surface area contributed by atoms with Gasteiger partial charge in [0.05, 0.1) is 0 Å². The van der Waals surface area contributed by atoms with Crippen LogP contribution in [-0.2, 0) is 0 Å². The number of piperazine rings is 1. The first-order valence-corrected chi connectivity index (χ1v) is 7.14. The summed E-state index contributed by atoms with van der Waals surface area (Å²) in [7, 11) is 0. The second-order valence-electron chi connectivity index (χ2n) is 6.10. The Morgan fingerprint density at radius 3 is 2.69 bits per heavy atom. The molecule has 2 atom stereocenters. The fourth-order valence-electron chi connectivity index (χ4n) is 3.39. The highest BCUT2D eigenvalue weighted by Crippen LogP contribution is 2.35. The first-order chi connectivity index (χ1) is 7.65. The Morgan fingerprint density at radius 1 is 1.38 bits per heavy atom. The van der Waals surface area contributed by atoms with Crippen molar-refractivity contribution < 1.29 is 0 Å².